The molecule has 1 unspecified atom stereocenters. The molecule has 0 heterocycles. The van der Waals surface area contributed by atoms with Crippen molar-refractivity contribution in [2.24, 2.45) is 10.7 Å². The van der Waals surface area contributed by atoms with Crippen LogP contribution in [0.25, 0.3) is 0 Å². The molecule has 0 rings (SSSR count). The Labute approximate surface area is 117 Å². The van der Waals surface area contributed by atoms with Gasteiger partial charge < -0.3 is 15.8 Å². The average Bonchev–Trinajstić information content (AvgIpc) is 2.43. The first-order valence-corrected chi connectivity index (χ1v) is 5.83. The summed E-state index contributed by atoms with van der Waals surface area (Å²) in [4.78, 5) is 36.8. The second-order valence-corrected chi connectivity index (χ2v) is 3.45. The molecule has 0 aliphatic rings. The van der Waals surface area contributed by atoms with Crippen LogP contribution in [0.2, 0.25) is 0 Å². The fourth-order valence-corrected chi connectivity index (χ4v) is 1.22. The van der Waals surface area contributed by atoms with E-state index in [-0.39, 0.29) is 5.70 Å². The third kappa shape index (κ3) is 5.82. The molecule has 20 heavy (non-hydrogen) atoms. The van der Waals surface area contributed by atoms with Gasteiger partial charge >= 0.3 is 12.0 Å². The zero-order chi connectivity index (χ0) is 15.5. The van der Waals surface area contributed by atoms with Gasteiger partial charge in [-0.2, -0.15) is 0 Å². The van der Waals surface area contributed by atoms with Crippen LogP contribution >= 0.6 is 0 Å². The number of hydrogen-bond donors (Lipinski definition) is 2. The quantitative estimate of drug-likeness (QED) is 0.245. The van der Waals surface area contributed by atoms with Crippen LogP contribution in [-0.2, 0) is 14.3 Å². The van der Waals surface area contributed by atoms with E-state index in [1.165, 1.54) is 13.3 Å². The molecular weight excluding hydrogens is 262 g/mol. The Morgan fingerprint density at radius 3 is 2.55 bits per heavy atom. The molecule has 0 aromatic rings. The number of urea groups is 1. The molecule has 3 N–H and O–H groups in total. The number of amides is 2. The van der Waals surface area contributed by atoms with Crippen molar-refractivity contribution in [1.82, 2.24) is 5.32 Å². The maximum atomic E-state index is 11.6. The van der Waals surface area contributed by atoms with Crippen molar-refractivity contribution < 1.29 is 19.1 Å². The van der Waals surface area contributed by atoms with Crippen LogP contribution in [0.5, 0.6) is 0 Å². The van der Waals surface area contributed by atoms with E-state index in [2.05, 4.69) is 26.9 Å². The van der Waals surface area contributed by atoms with E-state index in [4.69, 9.17) is 5.73 Å². The summed E-state index contributed by atoms with van der Waals surface area (Å²) in [5, 5.41) is 2.14. The molecule has 108 valence electrons. The number of nitrogens with one attached hydrogen (secondary N) is 1. The number of nitrogens with zero attached hydrogens (tertiary/aromatic N) is 1. The molecule has 0 aromatic heterocycles. The normalized spacial score (nSPS) is 12.8. The number of allylic oxidation sites excluding steroid dienone is 1. The fraction of sp³-hybridized carbons (Fsp3) is 0.385. The number of ether oxygens (including phenoxy) is 1. The topological polar surface area (TPSA) is 111 Å². The van der Waals surface area contributed by atoms with E-state index in [0.29, 0.717) is 18.3 Å². The SMILES string of the molecule is C/C=N\C(C(=O)OC)=C(\C#CC(C=O)NC(N)=O)CC. The average molecular weight is 279 g/mol. The highest BCUT2D eigenvalue weighted by Gasteiger charge is 2.13. The molecule has 7 nitrogen and oxygen atoms in total. The first-order valence-electron chi connectivity index (χ1n) is 5.83. The lowest BCUT2D eigenvalue weighted by atomic mass is 10.1. The van der Waals surface area contributed by atoms with Crippen LogP contribution < -0.4 is 11.1 Å². The number of carbonyl (C=O) groups excluding carboxylic acids is 3. The van der Waals surface area contributed by atoms with Gasteiger partial charge in [-0.15, -0.1) is 0 Å². The number of aliphatic imine (C=N–C) groups is 1. The highest BCUT2D eigenvalue weighted by molar-refractivity contribution is 5.91. The van der Waals surface area contributed by atoms with Crippen LogP contribution in [0.4, 0.5) is 4.79 Å². The fourth-order valence-electron chi connectivity index (χ4n) is 1.22. The maximum Gasteiger partial charge on any atom is 0.357 e. The Bertz CT molecular complexity index is 497. The van der Waals surface area contributed by atoms with Gasteiger partial charge in [-0.25, -0.2) is 9.59 Å². The van der Waals surface area contributed by atoms with E-state index in [9.17, 15) is 14.4 Å². The number of carbonyl (C=O) groups is 3. The summed E-state index contributed by atoms with van der Waals surface area (Å²) in [5.41, 5.74) is 5.36. The third-order valence-corrected chi connectivity index (χ3v) is 2.09. The summed E-state index contributed by atoms with van der Waals surface area (Å²) in [6.07, 6.45) is 2.28. The summed E-state index contributed by atoms with van der Waals surface area (Å²) < 4.78 is 4.61. The van der Waals surface area contributed by atoms with Gasteiger partial charge in [0.2, 0.25) is 0 Å². The molecule has 0 spiro atoms. The molecule has 0 bridgehead atoms. The van der Waals surface area contributed by atoms with E-state index in [0.717, 1.165) is 0 Å². The van der Waals surface area contributed by atoms with Gasteiger partial charge in [0.15, 0.2) is 12.0 Å². The summed E-state index contributed by atoms with van der Waals surface area (Å²) in [6.45, 7) is 3.42. The number of nitrogens with two attached hydrogens (primary N) is 1. The predicted molar refractivity (Wildman–Crippen MR) is 73.8 cm³/mol. The monoisotopic (exact) mass is 279 g/mol. The van der Waals surface area contributed by atoms with Crippen LogP contribution in [-0.4, -0.2) is 37.7 Å². The lowest BCUT2D eigenvalue weighted by Crippen LogP contribution is -2.38. The maximum absolute atomic E-state index is 11.6. The highest BCUT2D eigenvalue weighted by atomic mass is 16.5. The van der Waals surface area contributed by atoms with Gasteiger partial charge in [0.05, 0.1) is 7.11 Å². The predicted octanol–water partition coefficient (Wildman–Crippen LogP) is 0.153. The van der Waals surface area contributed by atoms with Crippen LogP contribution in [0.15, 0.2) is 16.3 Å². The summed E-state index contributed by atoms with van der Waals surface area (Å²) in [5.74, 6) is 4.51. The second kappa shape index (κ2) is 9.33. The Balaban J connectivity index is 5.49. The lowest BCUT2D eigenvalue weighted by Gasteiger charge is -2.04. The first-order chi connectivity index (χ1) is 9.49. The number of aldehydes is 1. The number of methoxy groups -OCH3 is 1. The van der Waals surface area contributed by atoms with Crippen molar-refractivity contribution in [3.05, 3.63) is 11.3 Å². The molecule has 0 aromatic carbocycles. The van der Waals surface area contributed by atoms with Gasteiger partial charge in [0.25, 0.3) is 0 Å². The second-order valence-electron chi connectivity index (χ2n) is 3.45. The zero-order valence-corrected chi connectivity index (χ0v) is 11.6. The molecule has 1 atom stereocenters. The summed E-state index contributed by atoms with van der Waals surface area (Å²) >= 11 is 0. The van der Waals surface area contributed by atoms with Gasteiger partial charge in [0.1, 0.15) is 6.04 Å². The van der Waals surface area contributed by atoms with Crippen LogP contribution in [0.3, 0.4) is 0 Å². The molecule has 0 saturated heterocycles. The largest absolute Gasteiger partial charge is 0.464 e. The van der Waals surface area contributed by atoms with Crippen LogP contribution in [0, 0.1) is 11.8 Å². The minimum atomic E-state index is -1.04. The van der Waals surface area contributed by atoms with Crippen molar-refractivity contribution >= 4 is 24.5 Å². The molecule has 0 fully saturated rings. The van der Waals surface area contributed by atoms with E-state index in [1.54, 1.807) is 13.8 Å². The molecule has 0 saturated carbocycles. The summed E-state index contributed by atoms with van der Waals surface area (Å²) in [7, 11) is 1.23. The van der Waals surface area contributed by atoms with E-state index in [1.807, 2.05) is 0 Å². The zero-order valence-electron chi connectivity index (χ0n) is 11.6. The minimum Gasteiger partial charge on any atom is -0.464 e. The van der Waals surface area contributed by atoms with E-state index >= 15 is 0 Å². The summed E-state index contributed by atoms with van der Waals surface area (Å²) in [6, 6.07) is -1.91. The lowest BCUT2D eigenvalue weighted by molar-refractivity contribution is -0.136. The van der Waals surface area contributed by atoms with Crippen molar-refractivity contribution in [2.45, 2.75) is 26.3 Å². The Morgan fingerprint density at radius 1 is 1.50 bits per heavy atom. The minimum absolute atomic E-state index is 0.0636. The van der Waals surface area contributed by atoms with Crippen molar-refractivity contribution in [3.8, 4) is 11.8 Å². The Morgan fingerprint density at radius 2 is 2.15 bits per heavy atom. The molecule has 0 aliphatic carbocycles. The molecule has 7 heteroatoms. The molecule has 0 radical (unpaired) electrons. The number of primary amides is 1. The third-order valence-electron chi connectivity index (χ3n) is 2.09. The number of rotatable bonds is 5. The van der Waals surface area contributed by atoms with Crippen molar-refractivity contribution in [1.29, 1.82) is 0 Å². The molecular formula is C13H17N3O4. The smallest absolute Gasteiger partial charge is 0.357 e. The van der Waals surface area contributed by atoms with Crippen molar-refractivity contribution in [2.75, 3.05) is 7.11 Å². The van der Waals surface area contributed by atoms with Crippen LogP contribution in [0.1, 0.15) is 20.3 Å². The van der Waals surface area contributed by atoms with Crippen molar-refractivity contribution in [3.63, 3.8) is 0 Å². The van der Waals surface area contributed by atoms with Gasteiger partial charge in [-0.1, -0.05) is 18.8 Å². The molecule has 2 amide bonds. The highest BCUT2D eigenvalue weighted by Crippen LogP contribution is 2.11. The van der Waals surface area contributed by atoms with Gasteiger partial charge in [-0.3, -0.25) is 9.79 Å². The number of esters is 1. The standard InChI is InChI=1S/C13H17N3O4/c1-4-9(11(15-5-2)12(18)20-3)6-7-10(8-17)16-13(14)19/h5,8,10H,4H2,1-3H3,(H3,14,16,19)/b11-9+,15-5-. The Kier molecular flexibility index (Phi) is 8.11. The van der Waals surface area contributed by atoms with Gasteiger partial charge in [0, 0.05) is 11.8 Å². The number of hydrogen-bond acceptors (Lipinski definition) is 5. The van der Waals surface area contributed by atoms with Gasteiger partial charge in [-0.05, 0) is 13.3 Å². The molecule has 0 aliphatic heterocycles. The Hall–Kier alpha value is -2.62. The van der Waals surface area contributed by atoms with E-state index < -0.39 is 18.0 Å². The first kappa shape index (κ1) is 17.4.